The summed E-state index contributed by atoms with van der Waals surface area (Å²) in [7, 11) is -3.83. The summed E-state index contributed by atoms with van der Waals surface area (Å²) >= 11 is 7.34. The molecule has 4 aromatic rings. The summed E-state index contributed by atoms with van der Waals surface area (Å²) in [6.07, 6.45) is 1.31. The van der Waals surface area contributed by atoms with E-state index in [1.807, 2.05) is 62.4 Å². The fraction of sp³-hybridized carbons (Fsp3) is 0.136. The molecule has 0 fully saturated rings. The first kappa shape index (κ1) is 19.9. The summed E-state index contributed by atoms with van der Waals surface area (Å²) < 4.78 is 29.7. The molecule has 0 saturated carbocycles. The van der Waals surface area contributed by atoms with Gasteiger partial charge >= 0.3 is 0 Å². The van der Waals surface area contributed by atoms with Crippen molar-refractivity contribution in [1.29, 1.82) is 0 Å². The molecule has 148 valence electrons. The molecule has 0 aliphatic heterocycles. The molecule has 2 aromatic heterocycles. The standard InChI is InChI=1S/C22H19ClN2O2S2/c1-15-7-9-17(10-8-15)14-25(29(26,27)18-11-12-21(23)24-13-18)22-16(2)19-5-3-4-6-20(19)28-22/h3-13H,14H2,1-2H3. The molecule has 0 amide bonds. The minimum atomic E-state index is -3.83. The van der Waals surface area contributed by atoms with E-state index in [0.717, 1.165) is 26.8 Å². The molecule has 2 heterocycles. The fourth-order valence-electron chi connectivity index (χ4n) is 3.17. The number of pyridine rings is 1. The highest BCUT2D eigenvalue weighted by molar-refractivity contribution is 7.93. The number of hydrogen-bond acceptors (Lipinski definition) is 4. The maximum atomic E-state index is 13.6. The van der Waals surface area contributed by atoms with Crippen LogP contribution in [0.15, 0.2) is 71.8 Å². The Morgan fingerprint density at radius 1 is 1.00 bits per heavy atom. The van der Waals surface area contributed by atoms with Gasteiger partial charge in [-0.05, 0) is 48.6 Å². The molecule has 0 aliphatic rings. The van der Waals surface area contributed by atoms with Crippen molar-refractivity contribution >= 4 is 48.0 Å². The number of hydrogen-bond donors (Lipinski definition) is 0. The van der Waals surface area contributed by atoms with E-state index >= 15 is 0 Å². The number of rotatable bonds is 5. The average molecular weight is 443 g/mol. The molecule has 0 radical (unpaired) electrons. The summed E-state index contributed by atoms with van der Waals surface area (Å²) in [6, 6.07) is 18.8. The van der Waals surface area contributed by atoms with E-state index in [9.17, 15) is 8.42 Å². The van der Waals surface area contributed by atoms with Crippen molar-refractivity contribution in [3.05, 3.63) is 88.7 Å². The van der Waals surface area contributed by atoms with Gasteiger partial charge in [0.25, 0.3) is 10.0 Å². The van der Waals surface area contributed by atoms with Crippen LogP contribution in [0.3, 0.4) is 0 Å². The molecule has 29 heavy (non-hydrogen) atoms. The molecular formula is C22H19ClN2O2S2. The van der Waals surface area contributed by atoms with Crippen LogP contribution in [0.5, 0.6) is 0 Å². The number of aromatic nitrogens is 1. The van der Waals surface area contributed by atoms with Crippen molar-refractivity contribution in [2.75, 3.05) is 4.31 Å². The normalized spacial score (nSPS) is 11.7. The summed E-state index contributed by atoms with van der Waals surface area (Å²) in [6.45, 7) is 4.21. The first-order valence-electron chi connectivity index (χ1n) is 9.04. The second kappa shape index (κ2) is 7.78. The van der Waals surface area contributed by atoms with Crippen LogP contribution in [0.4, 0.5) is 5.00 Å². The molecule has 0 bridgehead atoms. The number of nitrogens with zero attached hydrogens (tertiary/aromatic N) is 2. The number of aryl methyl sites for hydroxylation is 2. The lowest BCUT2D eigenvalue weighted by Crippen LogP contribution is -2.30. The van der Waals surface area contributed by atoms with E-state index in [0.29, 0.717) is 5.00 Å². The van der Waals surface area contributed by atoms with E-state index in [2.05, 4.69) is 4.98 Å². The smallest absolute Gasteiger partial charge is 0.252 e. The lowest BCUT2D eigenvalue weighted by atomic mass is 10.1. The van der Waals surface area contributed by atoms with Gasteiger partial charge in [-0.25, -0.2) is 13.4 Å². The molecule has 0 saturated heterocycles. The van der Waals surface area contributed by atoms with Gasteiger partial charge in [0.2, 0.25) is 0 Å². The van der Waals surface area contributed by atoms with Gasteiger partial charge in [-0.3, -0.25) is 4.31 Å². The van der Waals surface area contributed by atoms with Gasteiger partial charge < -0.3 is 0 Å². The van der Waals surface area contributed by atoms with E-state index in [1.54, 1.807) is 0 Å². The minimum absolute atomic E-state index is 0.117. The monoisotopic (exact) mass is 442 g/mol. The Kier molecular flexibility index (Phi) is 5.34. The zero-order valence-corrected chi connectivity index (χ0v) is 18.4. The quantitative estimate of drug-likeness (QED) is 0.358. The van der Waals surface area contributed by atoms with Crippen molar-refractivity contribution in [3.63, 3.8) is 0 Å². The van der Waals surface area contributed by atoms with Crippen LogP contribution < -0.4 is 4.31 Å². The predicted molar refractivity (Wildman–Crippen MR) is 120 cm³/mol. The Balaban J connectivity index is 1.87. The van der Waals surface area contributed by atoms with Crippen LogP contribution in [-0.4, -0.2) is 13.4 Å². The van der Waals surface area contributed by atoms with Crippen LogP contribution in [-0.2, 0) is 16.6 Å². The molecule has 0 N–H and O–H groups in total. The maximum Gasteiger partial charge on any atom is 0.266 e. The first-order valence-corrected chi connectivity index (χ1v) is 11.7. The largest absolute Gasteiger partial charge is 0.266 e. The molecule has 0 spiro atoms. The summed E-state index contributed by atoms with van der Waals surface area (Å²) in [5, 5.41) is 2.03. The third kappa shape index (κ3) is 3.88. The van der Waals surface area contributed by atoms with Crippen molar-refractivity contribution in [2.45, 2.75) is 25.3 Å². The van der Waals surface area contributed by atoms with Gasteiger partial charge in [0.15, 0.2) is 0 Å². The molecular weight excluding hydrogens is 424 g/mol. The van der Waals surface area contributed by atoms with Crippen LogP contribution in [0.1, 0.15) is 16.7 Å². The summed E-state index contributed by atoms with van der Waals surface area (Å²) in [4.78, 5) is 4.08. The van der Waals surface area contributed by atoms with E-state index in [4.69, 9.17) is 11.6 Å². The highest BCUT2D eigenvalue weighted by Crippen LogP contribution is 2.40. The number of benzene rings is 2. The zero-order valence-electron chi connectivity index (χ0n) is 16.0. The lowest BCUT2D eigenvalue weighted by molar-refractivity contribution is 0.590. The second-order valence-corrected chi connectivity index (χ2v) is 10.1. The van der Waals surface area contributed by atoms with Crippen LogP contribution >= 0.6 is 22.9 Å². The third-order valence-electron chi connectivity index (χ3n) is 4.78. The Morgan fingerprint density at radius 3 is 2.38 bits per heavy atom. The Morgan fingerprint density at radius 2 is 1.72 bits per heavy atom. The third-order valence-corrected chi connectivity index (χ3v) is 8.14. The van der Waals surface area contributed by atoms with Gasteiger partial charge in [-0.1, -0.05) is 59.6 Å². The highest BCUT2D eigenvalue weighted by atomic mass is 35.5. The van der Waals surface area contributed by atoms with Crippen molar-refractivity contribution in [2.24, 2.45) is 0 Å². The number of sulfonamides is 1. The average Bonchev–Trinajstić information content (AvgIpc) is 3.04. The molecule has 0 unspecified atom stereocenters. The summed E-state index contributed by atoms with van der Waals surface area (Å²) in [5.41, 5.74) is 2.99. The topological polar surface area (TPSA) is 50.3 Å². The van der Waals surface area contributed by atoms with E-state index in [-0.39, 0.29) is 16.6 Å². The van der Waals surface area contributed by atoms with Crippen LogP contribution in [0, 0.1) is 13.8 Å². The SMILES string of the molecule is Cc1ccc(CN(c2sc3ccccc3c2C)S(=O)(=O)c2ccc(Cl)nc2)cc1. The number of halogens is 1. The van der Waals surface area contributed by atoms with Gasteiger partial charge in [0, 0.05) is 10.9 Å². The second-order valence-electron chi connectivity index (χ2n) is 6.84. The molecule has 0 aliphatic carbocycles. The molecule has 4 rings (SSSR count). The molecule has 7 heteroatoms. The number of thiophene rings is 1. The van der Waals surface area contributed by atoms with Gasteiger partial charge in [-0.15, -0.1) is 11.3 Å². The van der Waals surface area contributed by atoms with Crippen molar-refractivity contribution in [1.82, 2.24) is 4.98 Å². The molecule has 0 atom stereocenters. The van der Waals surface area contributed by atoms with Gasteiger partial charge in [0.05, 0.1) is 6.54 Å². The summed E-state index contributed by atoms with van der Waals surface area (Å²) in [5.74, 6) is 0. The fourth-order valence-corrected chi connectivity index (χ4v) is 6.15. The minimum Gasteiger partial charge on any atom is -0.252 e. The van der Waals surface area contributed by atoms with E-state index in [1.165, 1.54) is 34.0 Å². The predicted octanol–water partition coefficient (Wildman–Crippen LogP) is 5.96. The number of anilines is 1. The van der Waals surface area contributed by atoms with Crippen molar-refractivity contribution in [3.8, 4) is 0 Å². The Labute approximate surface area is 179 Å². The molecule has 2 aromatic carbocycles. The maximum absolute atomic E-state index is 13.6. The number of fused-ring (bicyclic) bond motifs is 1. The zero-order chi connectivity index (χ0) is 20.6. The Hall–Kier alpha value is -2.41. The van der Waals surface area contributed by atoms with Gasteiger partial charge in [0.1, 0.15) is 15.0 Å². The van der Waals surface area contributed by atoms with Crippen LogP contribution in [0.25, 0.3) is 10.1 Å². The molecule has 4 nitrogen and oxygen atoms in total. The van der Waals surface area contributed by atoms with Gasteiger partial charge in [-0.2, -0.15) is 0 Å². The highest BCUT2D eigenvalue weighted by Gasteiger charge is 2.29. The van der Waals surface area contributed by atoms with E-state index < -0.39 is 10.0 Å². The van der Waals surface area contributed by atoms with Crippen molar-refractivity contribution < 1.29 is 8.42 Å². The lowest BCUT2D eigenvalue weighted by Gasteiger charge is -2.24. The van der Waals surface area contributed by atoms with Crippen LogP contribution in [0.2, 0.25) is 5.15 Å². The first-order chi connectivity index (χ1) is 13.9. The Bertz CT molecular complexity index is 1260.